The average molecular weight is 313 g/mol. The molecule has 1 amide bonds. The van der Waals surface area contributed by atoms with Gasteiger partial charge in [0.1, 0.15) is 11.4 Å². The number of nitrogens with zero attached hydrogens (tertiary/aromatic N) is 4. The third-order valence-electron chi connectivity index (χ3n) is 4.28. The highest BCUT2D eigenvalue weighted by atomic mass is 16.2. The third kappa shape index (κ3) is 3.96. The maximum Gasteiger partial charge on any atom is 0.271 e. The number of likely N-dealkylation sites (tertiary alicyclic amines) is 1. The van der Waals surface area contributed by atoms with Crippen LogP contribution in [-0.2, 0) is 0 Å². The van der Waals surface area contributed by atoms with E-state index in [1.165, 1.54) is 19.3 Å². The smallest absolute Gasteiger partial charge is 0.271 e. The molecular formula is C17H23N5O. The van der Waals surface area contributed by atoms with Gasteiger partial charge in [0.25, 0.3) is 5.91 Å². The summed E-state index contributed by atoms with van der Waals surface area (Å²) in [4.78, 5) is 20.9. The van der Waals surface area contributed by atoms with Crippen molar-refractivity contribution in [3.05, 3.63) is 36.2 Å². The van der Waals surface area contributed by atoms with Gasteiger partial charge in [-0.05, 0) is 44.1 Å². The Morgan fingerprint density at radius 2 is 2.09 bits per heavy atom. The van der Waals surface area contributed by atoms with Crippen LogP contribution in [0.2, 0.25) is 0 Å². The molecule has 6 nitrogen and oxygen atoms in total. The van der Waals surface area contributed by atoms with Gasteiger partial charge < -0.3 is 9.80 Å². The Morgan fingerprint density at radius 1 is 1.26 bits per heavy atom. The molecule has 0 aromatic carbocycles. The van der Waals surface area contributed by atoms with E-state index in [1.807, 2.05) is 25.2 Å². The molecule has 23 heavy (non-hydrogen) atoms. The first-order chi connectivity index (χ1) is 11.2. The van der Waals surface area contributed by atoms with Crippen molar-refractivity contribution in [3.8, 4) is 11.4 Å². The molecular weight excluding hydrogens is 290 g/mol. The Kier molecular flexibility index (Phi) is 5.02. The molecule has 1 saturated heterocycles. The molecule has 0 atom stereocenters. The maximum atomic E-state index is 12.5. The monoisotopic (exact) mass is 313 g/mol. The fourth-order valence-corrected chi connectivity index (χ4v) is 2.86. The van der Waals surface area contributed by atoms with Crippen LogP contribution >= 0.6 is 0 Å². The van der Waals surface area contributed by atoms with E-state index in [2.05, 4.69) is 20.1 Å². The first-order valence-corrected chi connectivity index (χ1v) is 8.18. The number of aromatic nitrogens is 3. The number of carbonyl (C=O) groups excluding carboxylic acids is 1. The van der Waals surface area contributed by atoms with Gasteiger partial charge in [-0.15, -0.1) is 0 Å². The van der Waals surface area contributed by atoms with Crippen LogP contribution in [0.25, 0.3) is 11.4 Å². The van der Waals surface area contributed by atoms with E-state index in [9.17, 15) is 4.79 Å². The van der Waals surface area contributed by atoms with Crippen molar-refractivity contribution in [2.45, 2.75) is 19.3 Å². The summed E-state index contributed by atoms with van der Waals surface area (Å²) >= 11 is 0. The summed E-state index contributed by atoms with van der Waals surface area (Å²) in [5.74, 6) is -0.0308. The van der Waals surface area contributed by atoms with E-state index in [0.717, 1.165) is 31.9 Å². The molecule has 1 fully saturated rings. The van der Waals surface area contributed by atoms with Crippen LogP contribution in [0.4, 0.5) is 0 Å². The van der Waals surface area contributed by atoms with Gasteiger partial charge in [0.15, 0.2) is 0 Å². The summed E-state index contributed by atoms with van der Waals surface area (Å²) < 4.78 is 0. The third-order valence-corrected chi connectivity index (χ3v) is 4.28. The molecule has 0 spiro atoms. The van der Waals surface area contributed by atoms with Gasteiger partial charge in [-0.1, -0.05) is 12.5 Å². The average Bonchev–Trinajstić information content (AvgIpc) is 3.11. The number of aromatic amines is 1. The van der Waals surface area contributed by atoms with Crippen LogP contribution in [-0.4, -0.2) is 64.1 Å². The number of piperidine rings is 1. The maximum absolute atomic E-state index is 12.5. The molecule has 1 aliphatic heterocycles. The highest BCUT2D eigenvalue weighted by Crippen LogP contribution is 2.15. The van der Waals surface area contributed by atoms with Gasteiger partial charge in [-0.25, -0.2) is 0 Å². The second-order valence-electron chi connectivity index (χ2n) is 6.01. The summed E-state index contributed by atoms with van der Waals surface area (Å²) in [6, 6.07) is 7.41. The zero-order valence-corrected chi connectivity index (χ0v) is 13.5. The number of hydrogen-bond donors (Lipinski definition) is 1. The molecule has 0 aliphatic carbocycles. The minimum Gasteiger partial charge on any atom is -0.339 e. The van der Waals surface area contributed by atoms with Crippen molar-refractivity contribution in [2.75, 3.05) is 33.2 Å². The molecule has 2 aromatic rings. The van der Waals surface area contributed by atoms with Crippen LogP contribution in [0.3, 0.4) is 0 Å². The first kappa shape index (κ1) is 15.7. The lowest BCUT2D eigenvalue weighted by Crippen LogP contribution is -2.38. The molecule has 1 aliphatic rings. The number of rotatable bonds is 5. The predicted octanol–water partition coefficient (Wildman–Crippen LogP) is 2.03. The van der Waals surface area contributed by atoms with Crippen LogP contribution in [0, 0.1) is 0 Å². The van der Waals surface area contributed by atoms with E-state index in [0.29, 0.717) is 11.4 Å². The lowest BCUT2D eigenvalue weighted by molar-refractivity contribution is 0.0767. The van der Waals surface area contributed by atoms with Crippen molar-refractivity contribution < 1.29 is 4.79 Å². The minimum absolute atomic E-state index is 0.0308. The Labute approximate surface area is 136 Å². The van der Waals surface area contributed by atoms with E-state index < -0.39 is 0 Å². The predicted molar refractivity (Wildman–Crippen MR) is 89.1 cm³/mol. The van der Waals surface area contributed by atoms with Gasteiger partial charge in [0, 0.05) is 26.3 Å². The number of carbonyl (C=O) groups is 1. The molecule has 0 radical (unpaired) electrons. The van der Waals surface area contributed by atoms with Crippen molar-refractivity contribution in [1.29, 1.82) is 0 Å². The van der Waals surface area contributed by atoms with Gasteiger partial charge >= 0.3 is 0 Å². The van der Waals surface area contributed by atoms with E-state index in [1.54, 1.807) is 17.2 Å². The number of nitrogens with one attached hydrogen (secondary N) is 1. The highest BCUT2D eigenvalue weighted by Gasteiger charge is 2.17. The molecule has 0 saturated carbocycles. The second-order valence-corrected chi connectivity index (χ2v) is 6.01. The Balaban J connectivity index is 1.58. The van der Waals surface area contributed by atoms with Crippen LogP contribution in [0.1, 0.15) is 29.8 Å². The van der Waals surface area contributed by atoms with Crippen molar-refractivity contribution in [3.63, 3.8) is 0 Å². The molecule has 122 valence electrons. The van der Waals surface area contributed by atoms with Gasteiger partial charge in [-0.2, -0.15) is 5.10 Å². The molecule has 3 heterocycles. The molecule has 6 heteroatoms. The van der Waals surface area contributed by atoms with E-state index in [-0.39, 0.29) is 5.91 Å². The molecule has 1 N–H and O–H groups in total. The number of H-pyrrole nitrogens is 1. The first-order valence-electron chi connectivity index (χ1n) is 8.18. The molecule has 0 unspecified atom stereocenters. The lowest BCUT2D eigenvalue weighted by Gasteiger charge is -2.28. The lowest BCUT2D eigenvalue weighted by atomic mass is 10.1. The quantitative estimate of drug-likeness (QED) is 0.917. The topological polar surface area (TPSA) is 65.1 Å². The Morgan fingerprint density at radius 3 is 2.83 bits per heavy atom. The minimum atomic E-state index is -0.0308. The fraction of sp³-hybridized carbons (Fsp3) is 0.471. The highest BCUT2D eigenvalue weighted by molar-refractivity contribution is 5.93. The number of hydrogen-bond acceptors (Lipinski definition) is 4. The number of likely N-dealkylation sites (N-methyl/N-ethyl adjacent to an activating group) is 1. The molecule has 3 rings (SSSR count). The Hall–Kier alpha value is -2.21. The summed E-state index contributed by atoms with van der Waals surface area (Å²) in [7, 11) is 1.84. The van der Waals surface area contributed by atoms with Crippen molar-refractivity contribution >= 4 is 5.91 Å². The van der Waals surface area contributed by atoms with Crippen molar-refractivity contribution in [1.82, 2.24) is 25.0 Å². The molecule has 2 aromatic heterocycles. The SMILES string of the molecule is CN(CCN1CCCCC1)C(=O)c1cc(-c2ccccn2)n[nH]1. The summed E-state index contributed by atoms with van der Waals surface area (Å²) in [6.07, 6.45) is 5.59. The van der Waals surface area contributed by atoms with Crippen LogP contribution in [0.5, 0.6) is 0 Å². The number of amides is 1. The number of pyridine rings is 1. The zero-order chi connectivity index (χ0) is 16.1. The van der Waals surface area contributed by atoms with Crippen LogP contribution < -0.4 is 0 Å². The zero-order valence-electron chi connectivity index (χ0n) is 13.5. The van der Waals surface area contributed by atoms with Crippen LogP contribution in [0.15, 0.2) is 30.5 Å². The summed E-state index contributed by atoms with van der Waals surface area (Å²) in [5, 5.41) is 7.02. The normalized spacial score (nSPS) is 15.5. The van der Waals surface area contributed by atoms with Crippen molar-refractivity contribution in [2.24, 2.45) is 0 Å². The van der Waals surface area contributed by atoms with Gasteiger partial charge in [0.05, 0.1) is 5.69 Å². The summed E-state index contributed by atoms with van der Waals surface area (Å²) in [5.41, 5.74) is 1.96. The Bertz CT molecular complexity index is 633. The summed E-state index contributed by atoms with van der Waals surface area (Å²) in [6.45, 7) is 3.96. The fourth-order valence-electron chi connectivity index (χ4n) is 2.86. The van der Waals surface area contributed by atoms with E-state index in [4.69, 9.17) is 0 Å². The van der Waals surface area contributed by atoms with Gasteiger partial charge in [-0.3, -0.25) is 14.9 Å². The van der Waals surface area contributed by atoms with Gasteiger partial charge in [0.2, 0.25) is 0 Å². The largest absolute Gasteiger partial charge is 0.339 e. The second kappa shape index (κ2) is 7.37. The molecule has 0 bridgehead atoms. The standard InChI is InChI=1S/C17H23N5O/c1-21(11-12-22-9-5-2-6-10-22)17(23)16-13-15(19-20-16)14-7-3-4-8-18-14/h3-4,7-8,13H,2,5-6,9-12H2,1H3,(H,19,20). The van der Waals surface area contributed by atoms with E-state index >= 15 is 0 Å².